The summed E-state index contributed by atoms with van der Waals surface area (Å²) >= 11 is 1.60. The Hall–Kier alpha value is -3.51. The van der Waals surface area contributed by atoms with Crippen molar-refractivity contribution < 1.29 is 14.7 Å². The molecule has 1 fully saturated rings. The summed E-state index contributed by atoms with van der Waals surface area (Å²) in [6.07, 6.45) is 5.88. The average molecular weight is 583 g/mol. The van der Waals surface area contributed by atoms with Crippen molar-refractivity contribution in [3.63, 3.8) is 0 Å². The zero-order valence-electron chi connectivity index (χ0n) is 25.4. The lowest BCUT2D eigenvalue weighted by molar-refractivity contribution is -0.139. The summed E-state index contributed by atoms with van der Waals surface area (Å²) in [4.78, 5) is 32.6. The molecule has 5 nitrogen and oxygen atoms in total. The zero-order chi connectivity index (χ0) is 30.0. The fourth-order valence-corrected chi connectivity index (χ4v) is 6.93. The quantitative estimate of drug-likeness (QED) is 0.207. The van der Waals surface area contributed by atoms with Crippen molar-refractivity contribution in [3.8, 4) is 11.1 Å². The number of benzene rings is 2. The number of nitrogens with one attached hydrogen (secondary N) is 1. The molecule has 6 heteroatoms. The second-order valence-electron chi connectivity index (χ2n) is 13.1. The van der Waals surface area contributed by atoms with Crippen LogP contribution >= 0.6 is 11.3 Å². The standard InChI is InChI=1S/C36H42N2O3S/c1-22(2)33-17-16-28(42-33)21-32(35(40)41)38-34(39)31-20-26-11-10-25(24-12-14-27(15-13-24)36(3,4)5)19-29(26)30(37-31)18-23-8-6-7-9-23/h10-17,19-20,22-23,32H,6-9,18,21H2,1-5H3,(H,38,39)(H,40,41). The summed E-state index contributed by atoms with van der Waals surface area (Å²) in [5.41, 5.74) is 4.86. The normalized spacial score (nSPS) is 14.9. The number of carbonyl (C=O) groups is 2. The van der Waals surface area contributed by atoms with Gasteiger partial charge >= 0.3 is 5.97 Å². The Morgan fingerprint density at radius 3 is 2.29 bits per heavy atom. The van der Waals surface area contributed by atoms with E-state index in [0.717, 1.165) is 38.9 Å². The van der Waals surface area contributed by atoms with Gasteiger partial charge in [-0.25, -0.2) is 9.78 Å². The molecule has 1 amide bonds. The number of carboxylic acid groups (broad SMARTS) is 1. The summed E-state index contributed by atoms with van der Waals surface area (Å²) in [5.74, 6) is -0.559. The number of hydrogen-bond acceptors (Lipinski definition) is 4. The molecule has 0 saturated heterocycles. The van der Waals surface area contributed by atoms with Gasteiger partial charge in [0.1, 0.15) is 11.7 Å². The highest BCUT2D eigenvalue weighted by molar-refractivity contribution is 7.12. The number of thiophene rings is 1. The number of nitrogens with zero attached hydrogens (tertiary/aromatic N) is 1. The van der Waals surface area contributed by atoms with E-state index >= 15 is 0 Å². The SMILES string of the molecule is CC(C)c1ccc(CC(NC(=O)c2cc3ccc(-c4ccc(C(C)(C)C)cc4)cc3c(CC3CCCC3)n2)C(=O)O)s1. The molecule has 2 N–H and O–H groups in total. The molecule has 2 aromatic carbocycles. The average Bonchev–Trinajstić information content (AvgIpc) is 3.64. The molecule has 1 saturated carbocycles. The Kier molecular flexibility index (Phi) is 8.84. The van der Waals surface area contributed by atoms with Crippen LogP contribution in [0, 0.1) is 5.92 Å². The van der Waals surface area contributed by atoms with Gasteiger partial charge in [-0.1, -0.05) is 96.7 Å². The summed E-state index contributed by atoms with van der Waals surface area (Å²) < 4.78 is 0. The van der Waals surface area contributed by atoms with E-state index in [9.17, 15) is 14.7 Å². The molecule has 0 bridgehead atoms. The third-order valence-corrected chi connectivity index (χ3v) is 9.85. The van der Waals surface area contributed by atoms with E-state index in [0.29, 0.717) is 11.8 Å². The van der Waals surface area contributed by atoms with Gasteiger partial charge in [-0.05, 0) is 70.0 Å². The molecule has 42 heavy (non-hydrogen) atoms. The molecule has 2 aromatic heterocycles. The molecule has 1 unspecified atom stereocenters. The van der Waals surface area contributed by atoms with E-state index in [-0.39, 0.29) is 17.5 Å². The van der Waals surface area contributed by atoms with Gasteiger partial charge in [0.05, 0.1) is 0 Å². The smallest absolute Gasteiger partial charge is 0.326 e. The van der Waals surface area contributed by atoms with Crippen LogP contribution in [0.4, 0.5) is 0 Å². The third kappa shape index (κ3) is 6.92. The largest absolute Gasteiger partial charge is 0.480 e. The molecule has 4 aromatic rings. The fraction of sp³-hybridized carbons (Fsp3) is 0.417. The van der Waals surface area contributed by atoms with Crippen molar-refractivity contribution in [3.05, 3.63) is 87.4 Å². The van der Waals surface area contributed by atoms with Gasteiger partial charge in [0.2, 0.25) is 0 Å². The lowest BCUT2D eigenvalue weighted by Gasteiger charge is -2.19. The van der Waals surface area contributed by atoms with E-state index < -0.39 is 17.9 Å². The van der Waals surface area contributed by atoms with Crippen LogP contribution < -0.4 is 5.32 Å². The Labute approximate surface area is 253 Å². The van der Waals surface area contributed by atoms with Crippen molar-refractivity contribution in [2.75, 3.05) is 0 Å². The number of aromatic nitrogens is 1. The lowest BCUT2D eigenvalue weighted by atomic mass is 9.86. The predicted octanol–water partition coefficient (Wildman–Crippen LogP) is 8.54. The van der Waals surface area contributed by atoms with E-state index in [1.54, 1.807) is 17.4 Å². The molecule has 1 aliphatic rings. The van der Waals surface area contributed by atoms with Crippen LogP contribution in [0.25, 0.3) is 21.9 Å². The fourth-order valence-electron chi connectivity index (χ4n) is 5.87. The molecule has 2 heterocycles. The van der Waals surface area contributed by atoms with Gasteiger partial charge in [0.25, 0.3) is 5.91 Å². The van der Waals surface area contributed by atoms with Crippen LogP contribution in [0.3, 0.4) is 0 Å². The van der Waals surface area contributed by atoms with Crippen LogP contribution in [0.5, 0.6) is 0 Å². The highest BCUT2D eigenvalue weighted by Gasteiger charge is 2.25. The minimum absolute atomic E-state index is 0.0949. The van der Waals surface area contributed by atoms with Gasteiger partial charge in [0.15, 0.2) is 0 Å². The van der Waals surface area contributed by atoms with Gasteiger partial charge in [0, 0.05) is 27.3 Å². The second kappa shape index (κ2) is 12.4. The molecule has 220 valence electrons. The molecule has 0 radical (unpaired) electrons. The number of carbonyl (C=O) groups excluding carboxylic acids is 1. The Bertz CT molecular complexity index is 1570. The monoisotopic (exact) mass is 582 g/mol. The topological polar surface area (TPSA) is 79.3 Å². The molecular weight excluding hydrogens is 540 g/mol. The zero-order valence-corrected chi connectivity index (χ0v) is 26.2. The number of fused-ring (bicyclic) bond motifs is 1. The highest BCUT2D eigenvalue weighted by Crippen LogP contribution is 2.33. The van der Waals surface area contributed by atoms with Crippen molar-refractivity contribution in [2.24, 2.45) is 5.92 Å². The van der Waals surface area contributed by atoms with E-state index in [1.807, 2.05) is 12.1 Å². The first kappa shape index (κ1) is 30.0. The predicted molar refractivity (Wildman–Crippen MR) is 173 cm³/mol. The lowest BCUT2D eigenvalue weighted by Crippen LogP contribution is -2.42. The minimum Gasteiger partial charge on any atom is -0.480 e. The third-order valence-electron chi connectivity index (χ3n) is 8.45. The first-order chi connectivity index (χ1) is 20.0. The van der Waals surface area contributed by atoms with Crippen LogP contribution in [0.15, 0.2) is 60.7 Å². The number of aliphatic carboxylic acids is 1. The maximum Gasteiger partial charge on any atom is 0.326 e. The highest BCUT2D eigenvalue weighted by atomic mass is 32.1. The van der Waals surface area contributed by atoms with Gasteiger partial charge in [-0.15, -0.1) is 11.3 Å². The number of carboxylic acids is 1. The Morgan fingerprint density at radius 1 is 0.976 bits per heavy atom. The molecule has 1 atom stereocenters. The molecule has 0 spiro atoms. The van der Waals surface area contributed by atoms with Crippen molar-refractivity contribution >= 4 is 34.0 Å². The van der Waals surface area contributed by atoms with Crippen LogP contribution in [-0.4, -0.2) is 28.0 Å². The summed E-state index contributed by atoms with van der Waals surface area (Å²) in [6.45, 7) is 10.9. The van der Waals surface area contributed by atoms with Crippen LogP contribution in [0.2, 0.25) is 0 Å². The van der Waals surface area contributed by atoms with Crippen molar-refractivity contribution in [2.45, 2.75) is 90.5 Å². The number of pyridine rings is 1. The first-order valence-corrected chi connectivity index (χ1v) is 16.0. The molecule has 0 aliphatic heterocycles. The van der Waals surface area contributed by atoms with Crippen molar-refractivity contribution in [1.29, 1.82) is 0 Å². The maximum atomic E-state index is 13.5. The maximum absolute atomic E-state index is 13.5. The van der Waals surface area contributed by atoms with Gasteiger partial charge in [-0.2, -0.15) is 0 Å². The number of rotatable bonds is 9. The first-order valence-electron chi connectivity index (χ1n) is 15.1. The van der Waals surface area contributed by atoms with E-state index in [1.165, 1.54) is 36.1 Å². The summed E-state index contributed by atoms with van der Waals surface area (Å²) in [5, 5.41) is 14.7. The summed E-state index contributed by atoms with van der Waals surface area (Å²) in [7, 11) is 0. The van der Waals surface area contributed by atoms with Crippen molar-refractivity contribution in [1.82, 2.24) is 10.3 Å². The summed E-state index contributed by atoms with van der Waals surface area (Å²) in [6, 6.07) is 19.9. The Balaban J connectivity index is 1.45. The van der Waals surface area contributed by atoms with Gasteiger partial charge in [-0.3, -0.25) is 4.79 Å². The van der Waals surface area contributed by atoms with Crippen LogP contribution in [0.1, 0.15) is 97.7 Å². The Morgan fingerprint density at radius 2 is 1.67 bits per heavy atom. The second-order valence-corrected chi connectivity index (χ2v) is 14.3. The molecular formula is C36H42N2O3S. The molecule has 1 aliphatic carbocycles. The van der Waals surface area contributed by atoms with Crippen LogP contribution in [-0.2, 0) is 23.1 Å². The van der Waals surface area contributed by atoms with E-state index in [2.05, 4.69) is 82.4 Å². The minimum atomic E-state index is -1.04. The molecule has 5 rings (SSSR count). The number of amides is 1. The van der Waals surface area contributed by atoms with Gasteiger partial charge < -0.3 is 10.4 Å². The number of hydrogen-bond donors (Lipinski definition) is 2. The van der Waals surface area contributed by atoms with E-state index in [4.69, 9.17) is 4.98 Å².